The molecule has 1 N–H and O–H groups in total. The number of carbonyl (C=O) groups is 1. The molecule has 1 aliphatic carbocycles. The van der Waals surface area contributed by atoms with Gasteiger partial charge in [-0.1, -0.05) is 44.4 Å². The standard InChI is InChI=1S/C21H25N3O2S/c1-3-16(20(25)22-14-9-5-4-6-10-14)24-21(26)18-15-11-7-8-12-17(15)27-19(18)13(2)23-24/h7-8,11-12,14,16H,3-6,9-10H2,1-2H3,(H,22,25). The summed E-state index contributed by atoms with van der Waals surface area (Å²) in [7, 11) is 0. The molecule has 6 heteroatoms. The minimum Gasteiger partial charge on any atom is -0.352 e. The number of nitrogens with one attached hydrogen (secondary N) is 1. The third-order valence-electron chi connectivity index (χ3n) is 5.54. The Hall–Kier alpha value is -2.21. The van der Waals surface area contributed by atoms with Crippen molar-refractivity contribution >= 4 is 37.4 Å². The van der Waals surface area contributed by atoms with E-state index in [1.807, 2.05) is 38.1 Å². The van der Waals surface area contributed by atoms with Crippen LogP contribution < -0.4 is 10.9 Å². The van der Waals surface area contributed by atoms with E-state index in [1.54, 1.807) is 11.3 Å². The summed E-state index contributed by atoms with van der Waals surface area (Å²) in [6.45, 7) is 3.85. The molecule has 1 fully saturated rings. The van der Waals surface area contributed by atoms with Crippen LogP contribution in [0.15, 0.2) is 29.1 Å². The monoisotopic (exact) mass is 383 g/mol. The zero-order chi connectivity index (χ0) is 19.0. The Bertz CT molecular complexity index is 1050. The molecule has 3 aromatic rings. The first-order valence-electron chi connectivity index (χ1n) is 9.81. The summed E-state index contributed by atoms with van der Waals surface area (Å²) in [5.74, 6) is -0.0858. The van der Waals surface area contributed by atoms with Crippen molar-refractivity contribution in [1.29, 1.82) is 0 Å². The van der Waals surface area contributed by atoms with Crippen molar-refractivity contribution in [2.75, 3.05) is 0 Å². The summed E-state index contributed by atoms with van der Waals surface area (Å²) >= 11 is 1.59. The number of thiophene rings is 1. The molecule has 27 heavy (non-hydrogen) atoms. The number of carbonyl (C=O) groups excluding carboxylic acids is 1. The maximum Gasteiger partial charge on any atom is 0.276 e. The molecule has 1 atom stereocenters. The number of benzene rings is 1. The summed E-state index contributed by atoms with van der Waals surface area (Å²) in [4.78, 5) is 26.2. The van der Waals surface area contributed by atoms with Crippen LogP contribution >= 0.6 is 11.3 Å². The molecule has 0 saturated heterocycles. The number of fused-ring (bicyclic) bond motifs is 3. The summed E-state index contributed by atoms with van der Waals surface area (Å²) in [5, 5.41) is 9.33. The van der Waals surface area contributed by atoms with Crippen molar-refractivity contribution in [3.8, 4) is 0 Å². The van der Waals surface area contributed by atoms with Crippen LogP contribution in [0.25, 0.3) is 20.2 Å². The van der Waals surface area contributed by atoms with Gasteiger partial charge < -0.3 is 5.32 Å². The van der Waals surface area contributed by atoms with E-state index in [0.29, 0.717) is 11.8 Å². The van der Waals surface area contributed by atoms with E-state index < -0.39 is 6.04 Å². The predicted octanol–water partition coefficient (Wildman–Crippen LogP) is 4.32. The molecule has 4 rings (SSSR count). The van der Waals surface area contributed by atoms with E-state index in [1.165, 1.54) is 11.1 Å². The molecule has 2 aromatic heterocycles. The molecule has 1 amide bonds. The van der Waals surface area contributed by atoms with Crippen LogP contribution in [0.4, 0.5) is 0 Å². The molecule has 1 aromatic carbocycles. The summed E-state index contributed by atoms with van der Waals surface area (Å²) in [6, 6.07) is 7.58. The topological polar surface area (TPSA) is 64.0 Å². The molecule has 1 aliphatic rings. The van der Waals surface area contributed by atoms with E-state index >= 15 is 0 Å². The van der Waals surface area contributed by atoms with Gasteiger partial charge in [-0.3, -0.25) is 9.59 Å². The maximum absolute atomic E-state index is 13.3. The van der Waals surface area contributed by atoms with Crippen molar-refractivity contribution in [3.05, 3.63) is 40.3 Å². The smallest absolute Gasteiger partial charge is 0.276 e. The van der Waals surface area contributed by atoms with Gasteiger partial charge in [-0.05, 0) is 32.3 Å². The number of aromatic nitrogens is 2. The molecule has 142 valence electrons. The largest absolute Gasteiger partial charge is 0.352 e. The fourth-order valence-corrected chi connectivity index (χ4v) is 5.24. The molecule has 1 saturated carbocycles. The lowest BCUT2D eigenvalue weighted by Gasteiger charge is -2.25. The van der Waals surface area contributed by atoms with E-state index in [0.717, 1.165) is 46.2 Å². The Labute approximate surface area is 162 Å². The van der Waals surface area contributed by atoms with Gasteiger partial charge in [-0.15, -0.1) is 11.3 Å². The molecule has 2 heterocycles. The van der Waals surface area contributed by atoms with Gasteiger partial charge >= 0.3 is 0 Å². The van der Waals surface area contributed by atoms with Gasteiger partial charge in [0, 0.05) is 16.1 Å². The number of nitrogens with zero attached hydrogens (tertiary/aromatic N) is 2. The van der Waals surface area contributed by atoms with Gasteiger partial charge in [0.05, 0.1) is 15.8 Å². The third-order valence-corrected chi connectivity index (χ3v) is 6.82. The Morgan fingerprint density at radius 2 is 2.04 bits per heavy atom. The minimum absolute atomic E-state index is 0.0858. The Kier molecular flexibility index (Phi) is 5.00. The van der Waals surface area contributed by atoms with Crippen LogP contribution in [0.2, 0.25) is 0 Å². The SMILES string of the molecule is CCC(C(=O)NC1CCCCC1)n1nc(C)c2sc3ccccc3c2c1=O. The number of amides is 1. The lowest BCUT2D eigenvalue weighted by atomic mass is 9.95. The Morgan fingerprint density at radius 1 is 1.30 bits per heavy atom. The maximum atomic E-state index is 13.3. The van der Waals surface area contributed by atoms with Crippen molar-refractivity contribution in [1.82, 2.24) is 15.1 Å². The highest BCUT2D eigenvalue weighted by atomic mass is 32.1. The lowest BCUT2D eigenvalue weighted by Crippen LogP contribution is -2.43. The summed E-state index contributed by atoms with van der Waals surface area (Å²) < 4.78 is 3.40. The number of aryl methyl sites for hydroxylation is 1. The van der Waals surface area contributed by atoms with E-state index in [-0.39, 0.29) is 17.5 Å². The molecular weight excluding hydrogens is 358 g/mol. The molecule has 0 spiro atoms. The van der Waals surface area contributed by atoms with Gasteiger partial charge in [-0.2, -0.15) is 5.10 Å². The van der Waals surface area contributed by atoms with Crippen LogP contribution in [0, 0.1) is 6.92 Å². The van der Waals surface area contributed by atoms with Crippen LogP contribution in [-0.2, 0) is 4.79 Å². The van der Waals surface area contributed by atoms with Crippen molar-refractivity contribution < 1.29 is 4.79 Å². The van der Waals surface area contributed by atoms with Crippen LogP contribution in [-0.4, -0.2) is 21.7 Å². The number of hydrogen-bond acceptors (Lipinski definition) is 4. The second-order valence-electron chi connectivity index (χ2n) is 7.41. The van der Waals surface area contributed by atoms with E-state index in [9.17, 15) is 9.59 Å². The predicted molar refractivity (Wildman–Crippen MR) is 110 cm³/mol. The third kappa shape index (κ3) is 3.27. The van der Waals surface area contributed by atoms with Gasteiger partial charge in [-0.25, -0.2) is 4.68 Å². The van der Waals surface area contributed by atoms with Gasteiger partial charge in [0.15, 0.2) is 0 Å². The first kappa shape index (κ1) is 18.2. The molecule has 1 unspecified atom stereocenters. The summed E-state index contributed by atoms with van der Waals surface area (Å²) in [6.07, 6.45) is 6.15. The summed E-state index contributed by atoms with van der Waals surface area (Å²) in [5.41, 5.74) is 0.633. The zero-order valence-corrected chi connectivity index (χ0v) is 16.6. The fourth-order valence-electron chi connectivity index (χ4n) is 4.10. The van der Waals surface area contributed by atoms with Crippen molar-refractivity contribution in [2.45, 2.75) is 64.5 Å². The average molecular weight is 384 g/mol. The van der Waals surface area contributed by atoms with Crippen LogP contribution in [0.5, 0.6) is 0 Å². The van der Waals surface area contributed by atoms with Gasteiger partial charge in [0.2, 0.25) is 5.91 Å². The van der Waals surface area contributed by atoms with Crippen LogP contribution in [0.1, 0.15) is 57.2 Å². The number of rotatable bonds is 4. The van der Waals surface area contributed by atoms with Crippen molar-refractivity contribution in [2.24, 2.45) is 0 Å². The lowest BCUT2D eigenvalue weighted by molar-refractivity contribution is -0.125. The quantitative estimate of drug-likeness (QED) is 0.730. The normalized spacial score (nSPS) is 16.7. The highest BCUT2D eigenvalue weighted by Crippen LogP contribution is 2.33. The molecule has 0 radical (unpaired) electrons. The number of hydrogen-bond donors (Lipinski definition) is 1. The molecule has 5 nitrogen and oxygen atoms in total. The highest BCUT2D eigenvalue weighted by Gasteiger charge is 2.26. The zero-order valence-electron chi connectivity index (χ0n) is 15.8. The highest BCUT2D eigenvalue weighted by molar-refractivity contribution is 7.26. The molecule has 0 aliphatic heterocycles. The molecule has 0 bridgehead atoms. The first-order valence-corrected chi connectivity index (χ1v) is 10.6. The Balaban J connectivity index is 1.77. The van der Waals surface area contributed by atoms with E-state index in [4.69, 9.17) is 0 Å². The fraction of sp³-hybridized carbons (Fsp3) is 0.476. The first-order chi connectivity index (χ1) is 13.1. The second kappa shape index (κ2) is 7.43. The van der Waals surface area contributed by atoms with Crippen LogP contribution in [0.3, 0.4) is 0 Å². The minimum atomic E-state index is -0.568. The average Bonchev–Trinajstić information content (AvgIpc) is 3.07. The molecular formula is C21H25N3O2S. The van der Waals surface area contributed by atoms with Crippen molar-refractivity contribution in [3.63, 3.8) is 0 Å². The Morgan fingerprint density at radius 3 is 2.78 bits per heavy atom. The second-order valence-corrected chi connectivity index (χ2v) is 8.46. The van der Waals surface area contributed by atoms with E-state index in [2.05, 4.69) is 10.4 Å². The van der Waals surface area contributed by atoms with Gasteiger partial charge in [0.1, 0.15) is 6.04 Å². The van der Waals surface area contributed by atoms with Gasteiger partial charge in [0.25, 0.3) is 5.56 Å².